The Hall–Kier alpha value is -1.02. The number of rotatable bonds is 3. The molecule has 1 aliphatic heterocycles. The normalized spacial score (nSPS) is 29.5. The predicted molar refractivity (Wildman–Crippen MR) is 78.6 cm³/mol. The minimum Gasteiger partial charge on any atom is -0.379 e. The van der Waals surface area contributed by atoms with Crippen molar-refractivity contribution in [2.45, 2.75) is 42.9 Å². The SMILES string of the molecule is CO[C@@H]1CC[C@H]2[C@H]1OCCN2S(=O)(=O)c1ccc(C)c(F)c1. The van der Waals surface area contributed by atoms with Crippen molar-refractivity contribution in [1.82, 2.24) is 4.31 Å². The van der Waals surface area contributed by atoms with Gasteiger partial charge in [0, 0.05) is 13.7 Å². The zero-order chi connectivity index (χ0) is 15.9. The zero-order valence-corrected chi connectivity index (χ0v) is 13.5. The molecule has 3 rings (SSSR count). The Morgan fingerprint density at radius 1 is 1.36 bits per heavy atom. The van der Waals surface area contributed by atoms with Crippen molar-refractivity contribution in [3.63, 3.8) is 0 Å². The first-order valence-electron chi connectivity index (χ1n) is 7.37. The number of benzene rings is 1. The molecule has 5 nitrogen and oxygen atoms in total. The molecule has 0 unspecified atom stereocenters. The van der Waals surface area contributed by atoms with Gasteiger partial charge in [0.15, 0.2) is 0 Å². The number of morpholine rings is 1. The Morgan fingerprint density at radius 2 is 2.14 bits per heavy atom. The number of halogens is 1. The molecule has 1 saturated carbocycles. The van der Waals surface area contributed by atoms with Crippen molar-refractivity contribution in [3.8, 4) is 0 Å². The van der Waals surface area contributed by atoms with Crippen LogP contribution >= 0.6 is 0 Å². The largest absolute Gasteiger partial charge is 0.379 e. The van der Waals surface area contributed by atoms with Crippen molar-refractivity contribution in [2.75, 3.05) is 20.3 Å². The number of ether oxygens (including phenoxy) is 2. The molecule has 1 aliphatic carbocycles. The first kappa shape index (κ1) is 15.9. The highest BCUT2D eigenvalue weighted by atomic mass is 32.2. The standard InChI is InChI=1S/C15H20FNO4S/c1-10-3-4-11(9-12(10)16)22(18,19)17-7-8-21-15-13(17)5-6-14(15)20-2/h3-4,9,13-15H,5-8H2,1-2H3/t13-,14+,15+/m0/s1. The molecule has 0 aromatic heterocycles. The van der Waals surface area contributed by atoms with Gasteiger partial charge in [-0.2, -0.15) is 4.31 Å². The summed E-state index contributed by atoms with van der Waals surface area (Å²) in [5.41, 5.74) is 0.430. The van der Waals surface area contributed by atoms with Gasteiger partial charge in [0.1, 0.15) is 11.9 Å². The lowest BCUT2D eigenvalue weighted by molar-refractivity contribution is -0.0848. The highest BCUT2D eigenvalue weighted by Crippen LogP contribution is 2.35. The van der Waals surface area contributed by atoms with Crippen LogP contribution in [-0.2, 0) is 19.5 Å². The third-order valence-corrected chi connectivity index (χ3v) is 6.46. The minimum atomic E-state index is -3.73. The molecule has 1 saturated heterocycles. The lowest BCUT2D eigenvalue weighted by Gasteiger charge is -2.37. The summed E-state index contributed by atoms with van der Waals surface area (Å²) in [4.78, 5) is -0.00267. The van der Waals surface area contributed by atoms with E-state index < -0.39 is 15.8 Å². The van der Waals surface area contributed by atoms with Crippen LogP contribution in [0, 0.1) is 12.7 Å². The average molecular weight is 329 g/mol. The van der Waals surface area contributed by atoms with Crippen LogP contribution in [0.25, 0.3) is 0 Å². The van der Waals surface area contributed by atoms with E-state index in [-0.39, 0.29) is 29.7 Å². The summed E-state index contributed by atoms with van der Waals surface area (Å²) in [5, 5.41) is 0. The number of nitrogens with zero attached hydrogens (tertiary/aromatic N) is 1. The molecule has 1 heterocycles. The van der Waals surface area contributed by atoms with E-state index in [0.29, 0.717) is 18.6 Å². The summed E-state index contributed by atoms with van der Waals surface area (Å²) in [7, 11) is -2.12. The van der Waals surface area contributed by atoms with Gasteiger partial charge in [0.25, 0.3) is 0 Å². The van der Waals surface area contributed by atoms with Crippen LogP contribution in [0.1, 0.15) is 18.4 Å². The van der Waals surface area contributed by atoms with Crippen molar-refractivity contribution in [1.29, 1.82) is 0 Å². The molecule has 2 aliphatic rings. The molecule has 0 N–H and O–H groups in total. The van der Waals surface area contributed by atoms with Crippen molar-refractivity contribution >= 4 is 10.0 Å². The summed E-state index contributed by atoms with van der Waals surface area (Å²) in [6.45, 7) is 2.22. The van der Waals surface area contributed by atoms with Gasteiger partial charge in [-0.15, -0.1) is 0 Å². The van der Waals surface area contributed by atoms with Crippen LogP contribution in [-0.4, -0.2) is 51.2 Å². The highest BCUT2D eigenvalue weighted by Gasteiger charge is 2.47. The molecule has 0 radical (unpaired) electrons. The second kappa shape index (κ2) is 5.88. The smallest absolute Gasteiger partial charge is 0.243 e. The summed E-state index contributed by atoms with van der Waals surface area (Å²) in [6, 6.07) is 3.80. The average Bonchev–Trinajstić information content (AvgIpc) is 2.92. The molecule has 1 aromatic carbocycles. The van der Waals surface area contributed by atoms with E-state index in [2.05, 4.69) is 0 Å². The third-order valence-electron chi connectivity index (χ3n) is 4.54. The molecular formula is C15H20FNO4S. The molecule has 1 aromatic rings. The van der Waals surface area contributed by atoms with Crippen LogP contribution < -0.4 is 0 Å². The van der Waals surface area contributed by atoms with Gasteiger partial charge in [-0.3, -0.25) is 0 Å². The van der Waals surface area contributed by atoms with Gasteiger partial charge >= 0.3 is 0 Å². The van der Waals surface area contributed by atoms with Crippen molar-refractivity contribution in [3.05, 3.63) is 29.6 Å². The van der Waals surface area contributed by atoms with Gasteiger partial charge in [-0.1, -0.05) is 6.07 Å². The number of aryl methyl sites for hydroxylation is 1. The Labute approximate surface area is 130 Å². The fourth-order valence-electron chi connectivity index (χ4n) is 3.30. The Bertz CT molecular complexity index is 664. The molecule has 2 fully saturated rings. The van der Waals surface area contributed by atoms with E-state index >= 15 is 0 Å². The number of sulfonamides is 1. The molecule has 0 bridgehead atoms. The maximum Gasteiger partial charge on any atom is 0.243 e. The minimum absolute atomic E-state index is 0.00267. The number of methoxy groups -OCH3 is 1. The summed E-state index contributed by atoms with van der Waals surface area (Å²) in [5.74, 6) is -0.507. The Kier molecular flexibility index (Phi) is 4.24. The third kappa shape index (κ3) is 2.56. The van der Waals surface area contributed by atoms with Gasteiger partial charge < -0.3 is 9.47 Å². The topological polar surface area (TPSA) is 55.8 Å². The molecule has 3 atom stereocenters. The second-order valence-electron chi connectivity index (χ2n) is 5.78. The second-order valence-corrected chi connectivity index (χ2v) is 7.67. The fourth-order valence-corrected chi connectivity index (χ4v) is 4.96. The Balaban J connectivity index is 1.93. The predicted octanol–water partition coefficient (Wildman–Crippen LogP) is 1.70. The van der Waals surface area contributed by atoms with Gasteiger partial charge in [0.2, 0.25) is 10.0 Å². The molecular weight excluding hydrogens is 309 g/mol. The van der Waals surface area contributed by atoms with Crippen LogP contribution in [0.4, 0.5) is 4.39 Å². The first-order chi connectivity index (χ1) is 10.4. The summed E-state index contributed by atoms with van der Waals surface area (Å²) >= 11 is 0. The molecule has 122 valence electrons. The maximum atomic E-state index is 13.7. The van der Waals surface area contributed by atoms with Crippen LogP contribution in [0.15, 0.2) is 23.1 Å². The van der Waals surface area contributed by atoms with Crippen LogP contribution in [0.5, 0.6) is 0 Å². The number of fused-ring (bicyclic) bond motifs is 1. The van der Waals surface area contributed by atoms with Gasteiger partial charge in [0.05, 0.1) is 23.6 Å². The first-order valence-corrected chi connectivity index (χ1v) is 8.81. The summed E-state index contributed by atoms with van der Waals surface area (Å²) in [6.07, 6.45) is 1.12. The van der Waals surface area contributed by atoms with Crippen LogP contribution in [0.3, 0.4) is 0 Å². The molecule has 0 spiro atoms. The summed E-state index contributed by atoms with van der Waals surface area (Å²) < 4.78 is 52.0. The van der Waals surface area contributed by atoms with E-state index in [4.69, 9.17) is 9.47 Å². The highest BCUT2D eigenvalue weighted by molar-refractivity contribution is 7.89. The van der Waals surface area contributed by atoms with Gasteiger partial charge in [-0.25, -0.2) is 12.8 Å². The van der Waals surface area contributed by atoms with Gasteiger partial charge in [-0.05, 0) is 37.5 Å². The maximum absolute atomic E-state index is 13.7. The van der Waals surface area contributed by atoms with E-state index in [1.807, 2.05) is 0 Å². The quantitative estimate of drug-likeness (QED) is 0.847. The molecule has 0 amide bonds. The Morgan fingerprint density at radius 3 is 2.82 bits per heavy atom. The lowest BCUT2D eigenvalue weighted by atomic mass is 10.2. The lowest BCUT2D eigenvalue weighted by Crippen LogP contribution is -2.53. The van der Waals surface area contributed by atoms with E-state index in [0.717, 1.165) is 12.5 Å². The number of hydrogen-bond donors (Lipinski definition) is 0. The van der Waals surface area contributed by atoms with Crippen molar-refractivity contribution in [2.24, 2.45) is 0 Å². The zero-order valence-electron chi connectivity index (χ0n) is 12.7. The monoisotopic (exact) mass is 329 g/mol. The van der Waals surface area contributed by atoms with E-state index in [9.17, 15) is 12.8 Å². The fraction of sp³-hybridized carbons (Fsp3) is 0.600. The van der Waals surface area contributed by atoms with E-state index in [1.165, 1.54) is 16.4 Å². The van der Waals surface area contributed by atoms with E-state index in [1.54, 1.807) is 14.0 Å². The number of hydrogen-bond acceptors (Lipinski definition) is 4. The van der Waals surface area contributed by atoms with Crippen molar-refractivity contribution < 1.29 is 22.3 Å². The molecule has 7 heteroatoms. The van der Waals surface area contributed by atoms with Crippen LogP contribution in [0.2, 0.25) is 0 Å². The molecule has 22 heavy (non-hydrogen) atoms.